The number of fused-ring (bicyclic) bond motifs is 2. The molecule has 39 heavy (non-hydrogen) atoms. The van der Waals surface area contributed by atoms with E-state index in [9.17, 15) is 18.3 Å². The number of hydrogen-bond acceptors (Lipinski definition) is 7. The average molecular weight is 588 g/mol. The highest BCUT2D eigenvalue weighted by Crippen LogP contribution is 2.39. The van der Waals surface area contributed by atoms with Crippen molar-refractivity contribution in [1.82, 2.24) is 9.97 Å². The zero-order valence-electron chi connectivity index (χ0n) is 21.8. The minimum Gasteiger partial charge on any atom is -0.497 e. The lowest BCUT2D eigenvalue weighted by molar-refractivity contribution is -0.115. The lowest BCUT2D eigenvalue weighted by Gasteiger charge is -2.18. The van der Waals surface area contributed by atoms with Crippen LogP contribution in [0.25, 0.3) is 21.7 Å². The summed E-state index contributed by atoms with van der Waals surface area (Å²) in [4.78, 5) is 8.90. The quantitative estimate of drug-likeness (QED) is 0.221. The standard InChI is InChI=1S/C27H28F3N3O4.2ClH/c1-5-6-22-19-13-24(37-4)23(36-3)12-18(19)20(26(34)33-22)11-16-9-15-10-17(35-2)7-8-21(15)32-25(16)31-14-27(28,29)30;;/h7-10,12-13H,5-6,11,14H2,1-4H3,(H,31,32)(H,33,34);2*1H. The van der Waals surface area contributed by atoms with Gasteiger partial charge in [-0.1, -0.05) is 13.3 Å². The molecule has 2 N–H and O–H groups in total. The van der Waals surface area contributed by atoms with Crippen LogP contribution in [0, 0.1) is 0 Å². The Morgan fingerprint density at radius 3 is 2.15 bits per heavy atom. The molecule has 0 spiro atoms. The molecule has 12 heteroatoms. The summed E-state index contributed by atoms with van der Waals surface area (Å²) in [7, 11) is 4.58. The van der Waals surface area contributed by atoms with E-state index in [1.807, 2.05) is 6.92 Å². The van der Waals surface area contributed by atoms with Gasteiger partial charge >= 0.3 is 6.18 Å². The normalized spacial score (nSPS) is 11.1. The Labute approximate surface area is 236 Å². The van der Waals surface area contributed by atoms with Crippen molar-refractivity contribution in [2.24, 2.45) is 0 Å². The van der Waals surface area contributed by atoms with E-state index in [0.717, 1.165) is 11.8 Å². The second kappa shape index (κ2) is 13.1. The minimum atomic E-state index is -4.43. The number of aryl methyl sites for hydroxylation is 1. The second-order valence-corrected chi connectivity index (χ2v) is 8.56. The van der Waals surface area contributed by atoms with Crippen molar-refractivity contribution in [1.29, 1.82) is 0 Å². The molecule has 4 rings (SSSR count). The highest BCUT2D eigenvalue weighted by Gasteiger charge is 2.28. The monoisotopic (exact) mass is 587 g/mol. The maximum Gasteiger partial charge on any atom is 0.405 e. The Bertz CT molecular complexity index is 1450. The van der Waals surface area contributed by atoms with Gasteiger partial charge < -0.3 is 24.6 Å². The summed E-state index contributed by atoms with van der Waals surface area (Å²) >= 11 is 0. The smallest absolute Gasteiger partial charge is 0.405 e. The van der Waals surface area contributed by atoms with E-state index in [1.165, 1.54) is 21.3 Å². The van der Waals surface area contributed by atoms with Crippen LogP contribution in [0.15, 0.2) is 36.4 Å². The highest BCUT2D eigenvalue weighted by molar-refractivity contribution is 5.93. The molecule has 0 bridgehead atoms. The Hall–Kier alpha value is -3.37. The van der Waals surface area contributed by atoms with Gasteiger partial charge in [-0.3, -0.25) is 0 Å². The van der Waals surface area contributed by atoms with Crippen molar-refractivity contribution in [3.05, 3.63) is 53.2 Å². The minimum absolute atomic E-state index is 0. The molecule has 2 aromatic heterocycles. The molecule has 0 aliphatic heterocycles. The molecule has 212 valence electrons. The van der Waals surface area contributed by atoms with Crippen molar-refractivity contribution in [2.45, 2.75) is 32.4 Å². The fraction of sp³-hybridized carbons (Fsp3) is 0.333. The number of aromatic nitrogens is 2. The summed E-state index contributed by atoms with van der Waals surface area (Å²) in [5, 5.41) is 15.5. The van der Waals surface area contributed by atoms with Gasteiger partial charge in [-0.15, -0.1) is 24.8 Å². The molecular formula is C27H30Cl2F3N3O4. The van der Waals surface area contributed by atoms with Gasteiger partial charge in [-0.05, 0) is 53.8 Å². The van der Waals surface area contributed by atoms with Gasteiger partial charge in [0.25, 0.3) is 0 Å². The van der Waals surface area contributed by atoms with Crippen LogP contribution in [0.5, 0.6) is 23.1 Å². The zero-order chi connectivity index (χ0) is 26.7. The summed E-state index contributed by atoms with van der Waals surface area (Å²) in [6.45, 7) is 0.757. The van der Waals surface area contributed by atoms with Gasteiger partial charge in [0, 0.05) is 22.8 Å². The lowest BCUT2D eigenvalue weighted by Crippen LogP contribution is -2.22. The summed E-state index contributed by atoms with van der Waals surface area (Å²) in [6, 6.07) is 10.4. The van der Waals surface area contributed by atoms with Gasteiger partial charge in [0.15, 0.2) is 11.5 Å². The fourth-order valence-electron chi connectivity index (χ4n) is 4.33. The molecule has 0 unspecified atom stereocenters. The van der Waals surface area contributed by atoms with E-state index in [2.05, 4.69) is 15.3 Å². The molecule has 2 heterocycles. The first-order chi connectivity index (χ1) is 17.7. The molecule has 0 aliphatic carbocycles. The molecule has 0 saturated carbocycles. The molecule has 2 aromatic carbocycles. The van der Waals surface area contributed by atoms with Crippen LogP contribution in [0.3, 0.4) is 0 Å². The predicted molar refractivity (Wildman–Crippen MR) is 151 cm³/mol. The zero-order valence-corrected chi connectivity index (χ0v) is 23.4. The van der Waals surface area contributed by atoms with Crippen LogP contribution in [-0.2, 0) is 12.8 Å². The van der Waals surface area contributed by atoms with Crippen molar-refractivity contribution in [3.63, 3.8) is 0 Å². The van der Waals surface area contributed by atoms with Crippen molar-refractivity contribution >= 4 is 52.3 Å². The highest BCUT2D eigenvalue weighted by atomic mass is 35.5. The Morgan fingerprint density at radius 1 is 0.897 bits per heavy atom. The van der Waals surface area contributed by atoms with Crippen LogP contribution < -0.4 is 19.5 Å². The van der Waals surface area contributed by atoms with E-state index in [1.54, 1.807) is 36.4 Å². The number of benzene rings is 2. The van der Waals surface area contributed by atoms with Crippen molar-refractivity contribution < 1.29 is 32.5 Å². The van der Waals surface area contributed by atoms with Crippen molar-refractivity contribution in [2.75, 3.05) is 33.2 Å². The number of aromatic hydroxyl groups is 1. The number of alkyl halides is 3. The maximum atomic E-state index is 13.1. The fourth-order valence-corrected chi connectivity index (χ4v) is 4.33. The number of rotatable bonds is 9. The van der Waals surface area contributed by atoms with Gasteiger partial charge in [0.2, 0.25) is 5.88 Å². The van der Waals surface area contributed by atoms with Crippen LogP contribution in [-0.4, -0.2) is 49.1 Å². The van der Waals surface area contributed by atoms with Crippen molar-refractivity contribution in [3.8, 4) is 23.1 Å². The largest absolute Gasteiger partial charge is 0.497 e. The molecule has 0 atom stereocenters. The van der Waals surface area contributed by atoms with Crippen LogP contribution in [0.4, 0.5) is 19.0 Å². The number of hydrogen-bond donors (Lipinski definition) is 2. The first kappa shape index (κ1) is 31.8. The molecule has 0 aliphatic rings. The first-order valence-corrected chi connectivity index (χ1v) is 11.7. The summed E-state index contributed by atoms with van der Waals surface area (Å²) < 4.78 is 55.5. The SMILES string of the molecule is CCCc1nc(O)c(Cc2cc3cc(OC)ccc3nc2NCC(F)(F)F)c2cc(OC)c(OC)cc12.Cl.Cl. The molecular weight excluding hydrogens is 558 g/mol. The third kappa shape index (κ3) is 6.99. The third-order valence-electron chi connectivity index (χ3n) is 6.08. The van der Waals surface area contributed by atoms with E-state index in [4.69, 9.17) is 14.2 Å². The predicted octanol–water partition coefficient (Wildman–Crippen LogP) is 6.88. The lowest BCUT2D eigenvalue weighted by atomic mass is 9.96. The maximum absolute atomic E-state index is 13.1. The molecule has 0 saturated heterocycles. The Morgan fingerprint density at radius 2 is 1.56 bits per heavy atom. The number of halogens is 5. The van der Waals surface area contributed by atoms with Gasteiger partial charge in [-0.25, -0.2) is 9.97 Å². The summed E-state index contributed by atoms with van der Waals surface area (Å²) in [5.74, 6) is 1.43. The number of anilines is 1. The van der Waals surface area contributed by atoms with E-state index < -0.39 is 12.7 Å². The number of methoxy groups -OCH3 is 3. The van der Waals surface area contributed by atoms with E-state index in [0.29, 0.717) is 56.8 Å². The summed E-state index contributed by atoms with van der Waals surface area (Å²) in [5.41, 5.74) is 2.10. The van der Waals surface area contributed by atoms with Gasteiger partial charge in [-0.2, -0.15) is 13.2 Å². The molecule has 7 nitrogen and oxygen atoms in total. The van der Waals surface area contributed by atoms with Crippen LogP contribution in [0.1, 0.15) is 30.2 Å². The topological polar surface area (TPSA) is 85.7 Å². The molecule has 0 amide bonds. The van der Waals surface area contributed by atoms with Crippen LogP contribution >= 0.6 is 24.8 Å². The van der Waals surface area contributed by atoms with Crippen LogP contribution in [0.2, 0.25) is 0 Å². The Kier molecular flexibility index (Phi) is 10.7. The summed E-state index contributed by atoms with van der Waals surface area (Å²) in [6.07, 6.45) is -2.94. The number of nitrogens with zero attached hydrogens (tertiary/aromatic N) is 2. The first-order valence-electron chi connectivity index (χ1n) is 11.7. The second-order valence-electron chi connectivity index (χ2n) is 8.56. The van der Waals surface area contributed by atoms with Gasteiger partial charge in [0.05, 0.1) is 32.5 Å². The number of ether oxygens (including phenoxy) is 3. The molecule has 4 aromatic rings. The average Bonchev–Trinajstić information content (AvgIpc) is 2.88. The third-order valence-corrected chi connectivity index (χ3v) is 6.08. The van der Waals surface area contributed by atoms with E-state index >= 15 is 0 Å². The molecule has 0 radical (unpaired) electrons. The Balaban J connectivity index is 0.00000267. The number of nitrogens with one attached hydrogen (secondary N) is 1. The van der Waals surface area contributed by atoms with E-state index in [-0.39, 0.29) is 42.9 Å². The number of pyridine rings is 2. The van der Waals surface area contributed by atoms with Gasteiger partial charge in [0.1, 0.15) is 18.1 Å². The molecule has 0 fully saturated rings.